The van der Waals surface area contributed by atoms with Crippen molar-refractivity contribution in [1.29, 1.82) is 0 Å². The molecule has 102 valence electrons. The van der Waals surface area contributed by atoms with Crippen molar-refractivity contribution in [3.8, 4) is 5.69 Å². The first-order chi connectivity index (χ1) is 9.72. The molecule has 0 aliphatic rings. The summed E-state index contributed by atoms with van der Waals surface area (Å²) in [4.78, 5) is 5.21. The Kier molecular flexibility index (Phi) is 4.05. The predicted octanol–water partition coefficient (Wildman–Crippen LogP) is 4.36. The molecule has 0 saturated carbocycles. The Morgan fingerprint density at radius 2 is 2.25 bits per heavy atom. The molecule has 0 spiro atoms. The quantitative estimate of drug-likeness (QED) is 0.743. The third-order valence-electron chi connectivity index (χ3n) is 2.70. The molecule has 0 aliphatic carbocycles. The number of halogens is 2. The van der Waals surface area contributed by atoms with Crippen LogP contribution in [0.3, 0.4) is 0 Å². The van der Waals surface area contributed by atoms with E-state index in [2.05, 4.69) is 42.8 Å². The summed E-state index contributed by atoms with van der Waals surface area (Å²) in [6.07, 6.45) is 3.17. The average Bonchev–Trinajstić information content (AvgIpc) is 3.08. The highest BCUT2D eigenvalue weighted by Crippen LogP contribution is 2.26. The summed E-state index contributed by atoms with van der Waals surface area (Å²) in [6.45, 7) is 0.734. The van der Waals surface area contributed by atoms with E-state index in [0.717, 1.165) is 22.4 Å². The first-order valence-electron chi connectivity index (χ1n) is 5.84. The minimum atomic E-state index is 0.684. The van der Waals surface area contributed by atoms with Crippen LogP contribution < -0.4 is 5.32 Å². The van der Waals surface area contributed by atoms with Crippen molar-refractivity contribution in [1.82, 2.24) is 14.8 Å². The topological polar surface area (TPSA) is 42.7 Å². The second-order valence-corrected chi connectivity index (χ2v) is 6.43. The van der Waals surface area contributed by atoms with E-state index in [1.807, 2.05) is 18.2 Å². The van der Waals surface area contributed by atoms with E-state index < -0.39 is 0 Å². The Morgan fingerprint density at radius 1 is 1.35 bits per heavy atom. The van der Waals surface area contributed by atoms with Crippen LogP contribution in [0, 0.1) is 0 Å². The first-order valence-corrected chi connectivity index (χ1v) is 7.89. The lowest BCUT2D eigenvalue weighted by molar-refractivity contribution is 0.878. The number of hydrogen-bond donors (Lipinski definition) is 1. The van der Waals surface area contributed by atoms with Crippen LogP contribution >= 0.6 is 38.9 Å². The molecule has 2 heterocycles. The van der Waals surface area contributed by atoms with Crippen LogP contribution in [0.15, 0.2) is 46.8 Å². The van der Waals surface area contributed by atoms with Gasteiger partial charge in [-0.05, 0) is 40.2 Å². The Bertz CT molecular complexity index is 711. The van der Waals surface area contributed by atoms with Gasteiger partial charge in [-0.1, -0.05) is 11.6 Å². The van der Waals surface area contributed by atoms with E-state index >= 15 is 0 Å². The minimum absolute atomic E-state index is 0.684. The Hall–Kier alpha value is -1.37. The number of hydrogen-bond acceptors (Lipinski definition) is 4. The van der Waals surface area contributed by atoms with Gasteiger partial charge in [0.05, 0.1) is 11.4 Å². The van der Waals surface area contributed by atoms with E-state index in [-0.39, 0.29) is 0 Å². The molecule has 0 unspecified atom stereocenters. The molecule has 0 saturated heterocycles. The molecular weight excluding hydrogens is 360 g/mol. The fourth-order valence-electron chi connectivity index (χ4n) is 1.81. The summed E-state index contributed by atoms with van der Waals surface area (Å²) in [5.41, 5.74) is 1.84. The smallest absolute Gasteiger partial charge is 0.138 e. The number of rotatable bonds is 4. The lowest BCUT2D eigenvalue weighted by Gasteiger charge is -2.11. The van der Waals surface area contributed by atoms with Crippen LogP contribution in [-0.2, 0) is 6.54 Å². The van der Waals surface area contributed by atoms with Crippen LogP contribution in [0.1, 0.15) is 4.88 Å². The lowest BCUT2D eigenvalue weighted by atomic mass is 10.2. The maximum Gasteiger partial charge on any atom is 0.138 e. The number of nitrogens with one attached hydrogen (secondary N) is 1. The highest BCUT2D eigenvalue weighted by molar-refractivity contribution is 9.10. The van der Waals surface area contributed by atoms with Gasteiger partial charge in [0.25, 0.3) is 0 Å². The number of aromatic nitrogens is 3. The molecular formula is C13H10BrClN4S. The van der Waals surface area contributed by atoms with Crippen molar-refractivity contribution in [2.45, 2.75) is 6.54 Å². The third-order valence-corrected chi connectivity index (χ3v) is 4.63. The SMILES string of the molecule is Clc1ccc(-n2cncn2)c(NCc2cc(Br)cs2)c1. The maximum atomic E-state index is 6.07. The number of thiophene rings is 1. The number of nitrogens with zero attached hydrogens (tertiary/aromatic N) is 3. The van der Waals surface area contributed by atoms with Crippen molar-refractivity contribution in [3.05, 3.63) is 56.7 Å². The number of anilines is 1. The van der Waals surface area contributed by atoms with Gasteiger partial charge in [-0.25, -0.2) is 9.67 Å². The summed E-state index contributed by atoms with van der Waals surface area (Å²) in [5.74, 6) is 0. The highest BCUT2D eigenvalue weighted by atomic mass is 79.9. The van der Waals surface area contributed by atoms with E-state index in [1.165, 1.54) is 11.2 Å². The van der Waals surface area contributed by atoms with E-state index in [4.69, 9.17) is 11.6 Å². The molecule has 20 heavy (non-hydrogen) atoms. The van der Waals surface area contributed by atoms with Crippen LogP contribution in [0.25, 0.3) is 5.69 Å². The second-order valence-electron chi connectivity index (χ2n) is 4.09. The Labute approximate surface area is 133 Å². The molecule has 7 heteroatoms. The van der Waals surface area contributed by atoms with Gasteiger partial charge < -0.3 is 5.32 Å². The molecule has 0 fully saturated rings. The molecule has 4 nitrogen and oxygen atoms in total. The highest BCUT2D eigenvalue weighted by Gasteiger charge is 2.07. The van der Waals surface area contributed by atoms with Crippen LogP contribution in [-0.4, -0.2) is 14.8 Å². The van der Waals surface area contributed by atoms with Gasteiger partial charge in [-0.15, -0.1) is 11.3 Å². The van der Waals surface area contributed by atoms with Gasteiger partial charge in [0.2, 0.25) is 0 Å². The van der Waals surface area contributed by atoms with Crippen LogP contribution in [0.4, 0.5) is 5.69 Å². The molecule has 0 radical (unpaired) electrons. The summed E-state index contributed by atoms with van der Waals surface area (Å²) < 4.78 is 2.81. The average molecular weight is 370 g/mol. The second kappa shape index (κ2) is 5.95. The Morgan fingerprint density at radius 3 is 2.95 bits per heavy atom. The van der Waals surface area contributed by atoms with Crippen molar-refractivity contribution >= 4 is 44.6 Å². The lowest BCUT2D eigenvalue weighted by Crippen LogP contribution is -2.04. The molecule has 3 rings (SSSR count). The largest absolute Gasteiger partial charge is 0.378 e. The molecule has 0 aliphatic heterocycles. The van der Waals surface area contributed by atoms with Gasteiger partial charge in [-0.2, -0.15) is 5.10 Å². The fourth-order valence-corrected chi connectivity index (χ4v) is 3.37. The van der Waals surface area contributed by atoms with Crippen molar-refractivity contribution < 1.29 is 0 Å². The van der Waals surface area contributed by atoms with E-state index in [9.17, 15) is 0 Å². The molecule has 1 N–H and O–H groups in total. The van der Waals surface area contributed by atoms with Crippen molar-refractivity contribution in [2.24, 2.45) is 0 Å². The summed E-state index contributed by atoms with van der Waals surface area (Å²) in [7, 11) is 0. The van der Waals surface area contributed by atoms with Gasteiger partial charge in [-0.3, -0.25) is 0 Å². The van der Waals surface area contributed by atoms with Gasteiger partial charge in [0.1, 0.15) is 12.7 Å². The normalized spacial score (nSPS) is 10.7. The first kappa shape index (κ1) is 13.6. The maximum absolute atomic E-state index is 6.07. The standard InChI is InChI=1S/C13H10BrClN4S/c14-9-3-11(20-6-9)5-17-12-4-10(15)1-2-13(12)19-8-16-7-18-19/h1-4,6-8,17H,5H2. The van der Waals surface area contributed by atoms with Crippen LogP contribution in [0.5, 0.6) is 0 Å². The summed E-state index contributed by atoms with van der Waals surface area (Å²) in [6, 6.07) is 7.74. The van der Waals surface area contributed by atoms with Crippen molar-refractivity contribution in [3.63, 3.8) is 0 Å². The minimum Gasteiger partial charge on any atom is -0.378 e. The van der Waals surface area contributed by atoms with Crippen LogP contribution in [0.2, 0.25) is 5.02 Å². The van der Waals surface area contributed by atoms with Gasteiger partial charge in [0.15, 0.2) is 0 Å². The molecule has 1 aromatic carbocycles. The molecule has 2 aromatic heterocycles. The molecule has 0 amide bonds. The fraction of sp³-hybridized carbons (Fsp3) is 0.0769. The summed E-state index contributed by atoms with van der Waals surface area (Å²) in [5, 5.41) is 10.3. The molecule has 0 atom stereocenters. The Balaban J connectivity index is 1.86. The van der Waals surface area contributed by atoms with E-state index in [1.54, 1.807) is 22.3 Å². The van der Waals surface area contributed by atoms with E-state index in [0.29, 0.717) is 5.02 Å². The summed E-state index contributed by atoms with van der Waals surface area (Å²) >= 11 is 11.2. The monoisotopic (exact) mass is 368 g/mol. The third kappa shape index (κ3) is 3.03. The zero-order valence-corrected chi connectivity index (χ0v) is 13.4. The van der Waals surface area contributed by atoms with Crippen molar-refractivity contribution in [2.75, 3.05) is 5.32 Å². The molecule has 3 aromatic rings. The zero-order valence-electron chi connectivity index (χ0n) is 10.3. The zero-order chi connectivity index (χ0) is 13.9. The number of benzene rings is 1. The van der Waals surface area contributed by atoms with Gasteiger partial charge in [0, 0.05) is 26.3 Å². The van der Waals surface area contributed by atoms with Gasteiger partial charge >= 0.3 is 0 Å². The predicted molar refractivity (Wildman–Crippen MR) is 85.7 cm³/mol. The molecule has 0 bridgehead atoms.